The van der Waals surface area contributed by atoms with Crippen molar-refractivity contribution >= 4 is 5.69 Å². The molecule has 2 rings (SSSR count). The molecule has 0 heterocycles. The summed E-state index contributed by atoms with van der Waals surface area (Å²) in [6.07, 6.45) is -9.66. The Morgan fingerprint density at radius 3 is 1.83 bits per heavy atom. The average molecular weight is 335 g/mol. The molecule has 0 amide bonds. The number of nitro benzene ring substituents is 1. The van der Waals surface area contributed by atoms with Gasteiger partial charge in [0.05, 0.1) is 10.5 Å². The smallest absolute Gasteiger partial charge is 0.258 e. The normalized spacial score (nSPS) is 12.3. The van der Waals surface area contributed by atoms with Crippen LogP contribution in [-0.4, -0.2) is 4.92 Å². The second-order valence-electron chi connectivity index (χ2n) is 4.53. The van der Waals surface area contributed by atoms with Gasteiger partial charge in [-0.1, -0.05) is 24.3 Å². The van der Waals surface area contributed by atoms with Gasteiger partial charge in [0.1, 0.15) is 5.56 Å². The minimum absolute atomic E-state index is 0.200. The van der Waals surface area contributed by atoms with Crippen molar-refractivity contribution in [2.45, 2.75) is 12.4 Å². The van der Waals surface area contributed by atoms with Crippen LogP contribution < -0.4 is 0 Å². The Kier molecular flexibility index (Phi) is 4.06. The third-order valence-corrected chi connectivity index (χ3v) is 3.05. The SMILES string of the molecule is O=[N+]([O-])c1cccc(-c2ccc(C(F)(F)F)cc2)c1C(F)(F)F. The molecule has 122 valence electrons. The first-order valence-electron chi connectivity index (χ1n) is 6.04. The largest absolute Gasteiger partial charge is 0.423 e. The first kappa shape index (κ1) is 16.8. The third-order valence-electron chi connectivity index (χ3n) is 3.05. The van der Waals surface area contributed by atoms with Crippen LogP contribution in [0.5, 0.6) is 0 Å². The molecule has 0 bridgehead atoms. The highest BCUT2D eigenvalue weighted by Gasteiger charge is 2.41. The van der Waals surface area contributed by atoms with Crippen LogP contribution in [0.4, 0.5) is 32.0 Å². The summed E-state index contributed by atoms with van der Waals surface area (Å²) < 4.78 is 76.9. The summed E-state index contributed by atoms with van der Waals surface area (Å²) in [6.45, 7) is 0. The zero-order chi connectivity index (χ0) is 17.4. The van der Waals surface area contributed by atoms with E-state index in [4.69, 9.17) is 0 Å². The number of hydrogen-bond acceptors (Lipinski definition) is 2. The lowest BCUT2D eigenvalue weighted by Gasteiger charge is -2.14. The van der Waals surface area contributed by atoms with Gasteiger partial charge >= 0.3 is 12.4 Å². The fourth-order valence-electron chi connectivity index (χ4n) is 2.07. The van der Waals surface area contributed by atoms with Gasteiger partial charge in [0.15, 0.2) is 0 Å². The van der Waals surface area contributed by atoms with Gasteiger partial charge in [-0.05, 0) is 17.7 Å². The first-order valence-corrected chi connectivity index (χ1v) is 6.04. The van der Waals surface area contributed by atoms with Crippen molar-refractivity contribution in [3.8, 4) is 11.1 Å². The predicted molar refractivity (Wildman–Crippen MR) is 68.5 cm³/mol. The molecule has 0 aromatic heterocycles. The van der Waals surface area contributed by atoms with Crippen LogP contribution in [0, 0.1) is 10.1 Å². The van der Waals surface area contributed by atoms with Crippen LogP contribution in [0.15, 0.2) is 42.5 Å². The van der Waals surface area contributed by atoms with Crippen LogP contribution in [0.25, 0.3) is 11.1 Å². The van der Waals surface area contributed by atoms with Gasteiger partial charge in [-0.15, -0.1) is 0 Å². The minimum atomic E-state index is -5.03. The lowest BCUT2D eigenvalue weighted by Crippen LogP contribution is -2.11. The van der Waals surface area contributed by atoms with E-state index in [1.165, 1.54) is 0 Å². The second-order valence-corrected chi connectivity index (χ2v) is 4.53. The highest BCUT2D eigenvalue weighted by Crippen LogP contribution is 2.43. The molecule has 0 spiro atoms. The zero-order valence-electron chi connectivity index (χ0n) is 11.1. The summed E-state index contributed by atoms with van der Waals surface area (Å²) in [6, 6.07) is 5.63. The summed E-state index contributed by atoms with van der Waals surface area (Å²) in [5.74, 6) is 0. The number of hydrogen-bond donors (Lipinski definition) is 0. The molecule has 2 aromatic carbocycles. The van der Waals surface area contributed by atoms with E-state index in [0.29, 0.717) is 18.2 Å². The van der Waals surface area contributed by atoms with Crippen LogP contribution in [0.3, 0.4) is 0 Å². The molecule has 0 radical (unpaired) electrons. The van der Waals surface area contributed by atoms with E-state index in [9.17, 15) is 36.5 Å². The highest BCUT2D eigenvalue weighted by atomic mass is 19.4. The Morgan fingerprint density at radius 1 is 0.826 bits per heavy atom. The molecule has 23 heavy (non-hydrogen) atoms. The van der Waals surface area contributed by atoms with Crippen LogP contribution in [0.1, 0.15) is 11.1 Å². The minimum Gasteiger partial charge on any atom is -0.258 e. The topological polar surface area (TPSA) is 43.1 Å². The number of rotatable bonds is 2. The van der Waals surface area contributed by atoms with E-state index < -0.39 is 39.7 Å². The Hall–Kier alpha value is -2.58. The number of halogens is 6. The first-order chi connectivity index (χ1) is 10.5. The zero-order valence-corrected chi connectivity index (χ0v) is 11.1. The van der Waals surface area contributed by atoms with Gasteiger partial charge in [-0.2, -0.15) is 26.3 Å². The van der Waals surface area contributed by atoms with Crippen molar-refractivity contribution in [1.82, 2.24) is 0 Å². The molecule has 2 aromatic rings. The summed E-state index contributed by atoms with van der Waals surface area (Å²) in [5.41, 5.74) is -4.44. The quantitative estimate of drug-likeness (QED) is 0.425. The maximum absolute atomic E-state index is 13.1. The van der Waals surface area contributed by atoms with Gasteiger partial charge in [-0.25, -0.2) is 0 Å². The van der Waals surface area contributed by atoms with Crippen LogP contribution in [-0.2, 0) is 12.4 Å². The fourth-order valence-corrected chi connectivity index (χ4v) is 2.07. The maximum atomic E-state index is 13.1. The number of benzene rings is 2. The predicted octanol–water partition coefficient (Wildman–Crippen LogP) is 5.30. The fraction of sp³-hybridized carbons (Fsp3) is 0.143. The van der Waals surface area contributed by atoms with E-state index in [1.54, 1.807) is 0 Å². The van der Waals surface area contributed by atoms with Crippen molar-refractivity contribution in [2.24, 2.45) is 0 Å². The van der Waals surface area contributed by atoms with E-state index in [0.717, 1.165) is 24.3 Å². The van der Waals surface area contributed by atoms with E-state index >= 15 is 0 Å². The molecule has 0 N–H and O–H groups in total. The Bertz CT molecular complexity index is 734. The van der Waals surface area contributed by atoms with Gasteiger partial charge in [-0.3, -0.25) is 10.1 Å². The number of nitro groups is 1. The van der Waals surface area contributed by atoms with Crippen molar-refractivity contribution in [3.05, 3.63) is 63.7 Å². The molecule has 0 unspecified atom stereocenters. The maximum Gasteiger partial charge on any atom is 0.423 e. The molecule has 0 atom stereocenters. The molecule has 0 saturated heterocycles. The molecule has 3 nitrogen and oxygen atoms in total. The lowest BCUT2D eigenvalue weighted by molar-refractivity contribution is -0.388. The van der Waals surface area contributed by atoms with Crippen LogP contribution in [0.2, 0.25) is 0 Å². The van der Waals surface area contributed by atoms with Gasteiger partial charge in [0, 0.05) is 11.6 Å². The van der Waals surface area contributed by atoms with Crippen LogP contribution >= 0.6 is 0 Å². The second kappa shape index (κ2) is 5.56. The Balaban J connectivity index is 2.64. The lowest BCUT2D eigenvalue weighted by atomic mass is 9.97. The monoisotopic (exact) mass is 335 g/mol. The summed E-state index contributed by atoms with van der Waals surface area (Å²) in [5, 5.41) is 10.8. The van der Waals surface area contributed by atoms with E-state index in [-0.39, 0.29) is 5.56 Å². The summed E-state index contributed by atoms with van der Waals surface area (Å²) in [4.78, 5) is 9.61. The van der Waals surface area contributed by atoms with Gasteiger partial charge in [0.25, 0.3) is 5.69 Å². The standard InChI is InChI=1S/C14H7F6NO2/c15-13(16,17)9-6-4-8(5-7-9)10-2-1-3-11(21(22)23)12(10)14(18,19)20/h1-7H. The van der Waals surface area contributed by atoms with Crippen molar-refractivity contribution in [2.75, 3.05) is 0 Å². The van der Waals surface area contributed by atoms with E-state index in [2.05, 4.69) is 0 Å². The average Bonchev–Trinajstić information content (AvgIpc) is 2.44. The molecule has 0 aliphatic heterocycles. The summed E-state index contributed by atoms with van der Waals surface area (Å²) >= 11 is 0. The molecular weight excluding hydrogens is 328 g/mol. The Labute approximate surface area is 125 Å². The third kappa shape index (κ3) is 3.43. The van der Waals surface area contributed by atoms with Gasteiger partial charge < -0.3 is 0 Å². The van der Waals surface area contributed by atoms with Crippen molar-refractivity contribution < 1.29 is 31.3 Å². The molecule has 0 saturated carbocycles. The molecule has 0 aliphatic carbocycles. The van der Waals surface area contributed by atoms with Crippen molar-refractivity contribution in [3.63, 3.8) is 0 Å². The number of nitrogens with zero attached hydrogens (tertiary/aromatic N) is 1. The van der Waals surface area contributed by atoms with Crippen molar-refractivity contribution in [1.29, 1.82) is 0 Å². The highest BCUT2D eigenvalue weighted by molar-refractivity contribution is 5.72. The molecule has 0 aliphatic rings. The molecule has 9 heteroatoms. The Morgan fingerprint density at radius 2 is 1.39 bits per heavy atom. The molecular formula is C14H7F6NO2. The van der Waals surface area contributed by atoms with Gasteiger partial charge in [0.2, 0.25) is 0 Å². The number of alkyl halides is 6. The van der Waals surface area contributed by atoms with E-state index in [1.807, 2.05) is 0 Å². The molecule has 0 fully saturated rings. The summed E-state index contributed by atoms with van der Waals surface area (Å²) in [7, 11) is 0.